The lowest BCUT2D eigenvalue weighted by Crippen LogP contribution is -2.55. The second kappa shape index (κ2) is 4.48. The first-order valence-corrected chi connectivity index (χ1v) is 5.26. The molecule has 2 rings (SSSR count). The van der Waals surface area contributed by atoms with Gasteiger partial charge in [-0.3, -0.25) is 19.2 Å². The minimum atomic E-state index is -1.98. The number of carboxylic acid groups (broad SMARTS) is 2. The van der Waals surface area contributed by atoms with Gasteiger partial charge in [-0.05, 0) is 0 Å². The molecule has 0 aliphatic carbocycles. The predicted octanol–water partition coefficient (Wildman–Crippen LogP) is -2.42. The van der Waals surface area contributed by atoms with Gasteiger partial charge in [0.25, 0.3) is 0 Å². The Labute approximate surface area is 105 Å². The van der Waals surface area contributed by atoms with Gasteiger partial charge in [-0.1, -0.05) is 0 Å². The zero-order valence-electron chi connectivity index (χ0n) is 9.41. The van der Waals surface area contributed by atoms with Gasteiger partial charge in [-0.15, -0.1) is 0 Å². The van der Waals surface area contributed by atoms with Crippen LogP contribution in [0, 0.1) is 0 Å². The molecule has 0 radical (unpaired) electrons. The highest BCUT2D eigenvalue weighted by Gasteiger charge is 2.57. The molecule has 2 saturated heterocycles. The van der Waals surface area contributed by atoms with Crippen molar-refractivity contribution in [2.45, 2.75) is 31.0 Å². The van der Waals surface area contributed by atoms with Gasteiger partial charge >= 0.3 is 29.9 Å². The van der Waals surface area contributed by atoms with Crippen LogP contribution < -0.4 is 10.6 Å². The molecular weight excluding hydrogens is 264 g/mol. The highest BCUT2D eigenvalue weighted by molar-refractivity contribution is 5.87. The number of esters is 2. The van der Waals surface area contributed by atoms with Gasteiger partial charge in [0, 0.05) is 0 Å². The highest BCUT2D eigenvalue weighted by atomic mass is 16.8. The molecule has 2 aliphatic heterocycles. The van der Waals surface area contributed by atoms with Crippen LogP contribution in [0.1, 0.15) is 12.8 Å². The molecule has 19 heavy (non-hydrogen) atoms. The molecule has 10 nitrogen and oxygen atoms in total. The fourth-order valence-electron chi connectivity index (χ4n) is 1.80. The molecule has 0 aromatic rings. The van der Waals surface area contributed by atoms with Crippen molar-refractivity contribution in [2.75, 3.05) is 0 Å². The lowest BCUT2D eigenvalue weighted by atomic mass is 10.2. The van der Waals surface area contributed by atoms with Crippen LogP contribution in [0.4, 0.5) is 0 Å². The molecule has 104 valence electrons. The van der Waals surface area contributed by atoms with Crippen molar-refractivity contribution in [2.24, 2.45) is 0 Å². The number of ether oxygens (including phenoxy) is 2. The van der Waals surface area contributed by atoms with Crippen molar-refractivity contribution in [1.29, 1.82) is 0 Å². The molecule has 2 fully saturated rings. The van der Waals surface area contributed by atoms with E-state index in [0.717, 1.165) is 0 Å². The molecule has 0 bridgehead atoms. The van der Waals surface area contributed by atoms with Crippen molar-refractivity contribution < 1.29 is 38.9 Å². The average molecular weight is 274 g/mol. The molecule has 2 unspecified atom stereocenters. The first kappa shape index (κ1) is 13.2. The Morgan fingerprint density at radius 3 is 1.68 bits per heavy atom. The summed E-state index contributed by atoms with van der Waals surface area (Å²) < 4.78 is 9.49. The smallest absolute Gasteiger partial charge is 0.387 e. The maximum Gasteiger partial charge on any atom is 0.387 e. The summed E-state index contributed by atoms with van der Waals surface area (Å²) in [5.74, 6) is -4.28. The van der Waals surface area contributed by atoms with Gasteiger partial charge in [-0.2, -0.15) is 0 Å². The summed E-state index contributed by atoms with van der Waals surface area (Å²) in [6, 6.07) is -4.34. The van der Waals surface area contributed by atoms with E-state index in [-0.39, 0.29) is 0 Å². The van der Waals surface area contributed by atoms with Crippen LogP contribution in [-0.2, 0) is 28.7 Å². The number of hydrogen-bond acceptors (Lipinski definition) is 8. The average Bonchev–Trinajstić information content (AvgIpc) is 2.67. The van der Waals surface area contributed by atoms with E-state index in [0.29, 0.717) is 0 Å². The van der Waals surface area contributed by atoms with Gasteiger partial charge < -0.3 is 19.7 Å². The third kappa shape index (κ3) is 2.63. The standard InChI is InChI=1S/C9H10N2O8/c12-5(13)1-3-7(16)18-9(10-3)11-4(2-6(14)15)8(17)19-9/h3-4,10-11H,1-2H2,(H,12,13)(H,14,15). The topological polar surface area (TPSA) is 151 Å². The van der Waals surface area contributed by atoms with E-state index >= 15 is 0 Å². The summed E-state index contributed by atoms with van der Waals surface area (Å²) >= 11 is 0. The normalized spacial score (nSPS) is 33.3. The summed E-state index contributed by atoms with van der Waals surface area (Å²) in [7, 11) is 0. The summed E-state index contributed by atoms with van der Waals surface area (Å²) in [5.41, 5.74) is 0. The molecule has 4 N–H and O–H groups in total. The molecular formula is C9H10N2O8. The van der Waals surface area contributed by atoms with E-state index in [2.05, 4.69) is 10.6 Å². The van der Waals surface area contributed by atoms with E-state index in [4.69, 9.17) is 19.7 Å². The lowest BCUT2D eigenvalue weighted by molar-refractivity contribution is -0.211. The fourth-order valence-corrected chi connectivity index (χ4v) is 1.80. The maximum absolute atomic E-state index is 11.4. The van der Waals surface area contributed by atoms with E-state index in [1.165, 1.54) is 0 Å². The van der Waals surface area contributed by atoms with Crippen LogP contribution in [0.2, 0.25) is 0 Å². The molecule has 10 heteroatoms. The first-order chi connectivity index (χ1) is 8.81. The zero-order chi connectivity index (χ0) is 14.2. The fraction of sp³-hybridized carbons (Fsp3) is 0.556. The van der Waals surface area contributed by atoms with Crippen molar-refractivity contribution in [3.05, 3.63) is 0 Å². The molecule has 2 heterocycles. The summed E-state index contributed by atoms with van der Waals surface area (Å²) in [6.45, 7) is 0. The third-order valence-electron chi connectivity index (χ3n) is 2.54. The molecule has 1 spiro atoms. The van der Waals surface area contributed by atoms with Crippen molar-refractivity contribution in [3.63, 3.8) is 0 Å². The molecule has 0 amide bonds. The first-order valence-electron chi connectivity index (χ1n) is 5.26. The van der Waals surface area contributed by atoms with Crippen LogP contribution in [0.15, 0.2) is 0 Å². The van der Waals surface area contributed by atoms with Crippen molar-refractivity contribution in [3.8, 4) is 0 Å². The van der Waals surface area contributed by atoms with Gasteiger partial charge in [0.2, 0.25) is 0 Å². The van der Waals surface area contributed by atoms with Crippen LogP contribution in [-0.4, -0.2) is 52.2 Å². The summed E-state index contributed by atoms with van der Waals surface area (Å²) in [6.07, 6.45) is -1.10. The van der Waals surface area contributed by atoms with Crippen LogP contribution in [0.25, 0.3) is 0 Å². The largest absolute Gasteiger partial charge is 0.481 e. The minimum Gasteiger partial charge on any atom is -0.481 e. The van der Waals surface area contributed by atoms with Crippen molar-refractivity contribution in [1.82, 2.24) is 10.6 Å². The van der Waals surface area contributed by atoms with Crippen LogP contribution in [0.5, 0.6) is 0 Å². The number of carbonyl (C=O) groups excluding carboxylic acids is 2. The van der Waals surface area contributed by atoms with Crippen LogP contribution >= 0.6 is 0 Å². The van der Waals surface area contributed by atoms with Gasteiger partial charge in [-0.25, -0.2) is 10.6 Å². The highest BCUT2D eigenvalue weighted by Crippen LogP contribution is 2.25. The number of aliphatic carboxylic acids is 2. The molecule has 0 saturated carbocycles. The molecule has 2 atom stereocenters. The van der Waals surface area contributed by atoms with E-state index in [9.17, 15) is 19.2 Å². The number of hydrogen-bond donors (Lipinski definition) is 4. The number of carboxylic acids is 2. The van der Waals surface area contributed by atoms with Gasteiger partial charge in [0.05, 0.1) is 12.8 Å². The Morgan fingerprint density at radius 1 is 1.00 bits per heavy atom. The monoisotopic (exact) mass is 274 g/mol. The number of nitrogens with one attached hydrogen (secondary N) is 2. The van der Waals surface area contributed by atoms with E-state index < -0.39 is 54.8 Å². The van der Waals surface area contributed by atoms with Crippen LogP contribution in [0.3, 0.4) is 0 Å². The zero-order valence-corrected chi connectivity index (χ0v) is 9.41. The second-order valence-electron chi connectivity index (χ2n) is 4.05. The summed E-state index contributed by atoms with van der Waals surface area (Å²) in [5, 5.41) is 21.9. The Bertz CT molecular complexity index is 419. The van der Waals surface area contributed by atoms with Gasteiger partial charge in [0.15, 0.2) is 0 Å². The second-order valence-corrected chi connectivity index (χ2v) is 4.05. The third-order valence-corrected chi connectivity index (χ3v) is 2.54. The maximum atomic E-state index is 11.4. The number of rotatable bonds is 4. The Balaban J connectivity index is 2.06. The Morgan fingerprint density at radius 2 is 1.37 bits per heavy atom. The Kier molecular flexibility index (Phi) is 3.12. The van der Waals surface area contributed by atoms with E-state index in [1.54, 1.807) is 0 Å². The van der Waals surface area contributed by atoms with Gasteiger partial charge in [0.1, 0.15) is 12.1 Å². The molecule has 0 aromatic carbocycles. The van der Waals surface area contributed by atoms with Crippen molar-refractivity contribution >= 4 is 23.9 Å². The SMILES string of the molecule is O=C(O)CC1NC2(NC(CC(=O)O)C(=O)O2)OC1=O. The quantitative estimate of drug-likeness (QED) is 0.407. The summed E-state index contributed by atoms with van der Waals surface area (Å²) in [4.78, 5) is 43.9. The predicted molar refractivity (Wildman–Crippen MR) is 53.3 cm³/mol. The number of carbonyl (C=O) groups is 4. The molecule has 0 aromatic heterocycles. The van der Waals surface area contributed by atoms with E-state index in [1.807, 2.05) is 0 Å². The molecule has 2 aliphatic rings. The minimum absolute atomic E-state index is 0.552. The Hall–Kier alpha value is -2.20. The lowest BCUT2D eigenvalue weighted by Gasteiger charge is -2.19.